The molecule has 6 rings (SSSR count). The summed E-state index contributed by atoms with van der Waals surface area (Å²) in [4.78, 5) is 28.2. The van der Waals surface area contributed by atoms with Gasteiger partial charge in [-0.3, -0.25) is 0 Å². The second-order valence-corrected chi connectivity index (χ2v) is 10.9. The van der Waals surface area contributed by atoms with E-state index in [9.17, 15) is 9.90 Å². The Hall–Kier alpha value is -3.39. The number of hydrogen-bond donors (Lipinski definition) is 2. The molecule has 3 heterocycles. The molecular weight excluding hydrogens is 478 g/mol. The van der Waals surface area contributed by atoms with Crippen molar-refractivity contribution in [3.8, 4) is 11.1 Å². The molecule has 0 radical (unpaired) electrons. The summed E-state index contributed by atoms with van der Waals surface area (Å²) in [6, 6.07) is 9.07. The average molecular weight is 516 g/mol. The Labute approximate surface area is 223 Å². The van der Waals surface area contributed by atoms with Crippen LogP contribution >= 0.6 is 0 Å². The molecular formula is C30H37N5O3. The van der Waals surface area contributed by atoms with Crippen LogP contribution < -0.4 is 4.90 Å². The van der Waals surface area contributed by atoms with Gasteiger partial charge in [-0.1, -0.05) is 38.7 Å². The van der Waals surface area contributed by atoms with Gasteiger partial charge in [-0.25, -0.2) is 14.8 Å². The number of anilines is 1. The van der Waals surface area contributed by atoms with Crippen LogP contribution in [-0.4, -0.2) is 56.9 Å². The van der Waals surface area contributed by atoms with Gasteiger partial charge in [0, 0.05) is 37.2 Å². The van der Waals surface area contributed by atoms with Crippen LogP contribution in [0.3, 0.4) is 0 Å². The lowest BCUT2D eigenvalue weighted by Gasteiger charge is -2.24. The van der Waals surface area contributed by atoms with E-state index >= 15 is 0 Å². The monoisotopic (exact) mass is 515 g/mol. The van der Waals surface area contributed by atoms with Crippen LogP contribution in [0.2, 0.25) is 0 Å². The molecule has 1 aliphatic heterocycles. The Morgan fingerprint density at radius 3 is 2.82 bits per heavy atom. The second kappa shape index (κ2) is 10.8. The number of benzene rings is 2. The number of fused-ring (bicyclic) bond motifs is 2. The van der Waals surface area contributed by atoms with Crippen LogP contribution in [0.1, 0.15) is 74.7 Å². The third kappa shape index (κ3) is 4.55. The van der Waals surface area contributed by atoms with E-state index in [2.05, 4.69) is 50.6 Å². The molecule has 0 amide bonds. The molecule has 1 saturated carbocycles. The summed E-state index contributed by atoms with van der Waals surface area (Å²) in [5, 5.41) is 9.78. The average Bonchev–Trinajstić information content (AvgIpc) is 3.72. The number of hydrogen-bond acceptors (Lipinski definition) is 6. The molecule has 1 atom stereocenters. The number of unbranched alkanes of at least 4 members (excludes halogenated alkanes) is 1. The Balaban J connectivity index is 1.44. The van der Waals surface area contributed by atoms with Crippen molar-refractivity contribution < 1.29 is 14.6 Å². The number of aromatic nitrogens is 4. The van der Waals surface area contributed by atoms with Crippen molar-refractivity contribution in [1.29, 1.82) is 0 Å². The molecule has 4 aromatic rings. The number of aliphatic hydroxyl groups is 1. The van der Waals surface area contributed by atoms with Crippen molar-refractivity contribution in [2.75, 3.05) is 31.2 Å². The Kier molecular flexibility index (Phi) is 7.06. The summed E-state index contributed by atoms with van der Waals surface area (Å²) in [6.07, 6.45) is 12.6. The van der Waals surface area contributed by atoms with Gasteiger partial charge in [0.05, 0.1) is 47.0 Å². The van der Waals surface area contributed by atoms with E-state index in [-0.39, 0.29) is 18.5 Å². The maximum Gasteiger partial charge on any atom is 0.342 e. The van der Waals surface area contributed by atoms with Crippen LogP contribution in [0.4, 0.5) is 5.69 Å². The fourth-order valence-corrected chi connectivity index (χ4v) is 6.20. The number of nitrogens with one attached hydrogen (secondary N) is 1. The minimum Gasteiger partial charge on any atom is -0.462 e. The second-order valence-electron chi connectivity index (χ2n) is 10.9. The zero-order chi connectivity index (χ0) is 26.1. The highest BCUT2D eigenvalue weighted by molar-refractivity contribution is 6.11. The Morgan fingerprint density at radius 2 is 2.03 bits per heavy atom. The van der Waals surface area contributed by atoms with Crippen LogP contribution in [-0.2, 0) is 4.74 Å². The summed E-state index contributed by atoms with van der Waals surface area (Å²) in [7, 11) is 0. The van der Waals surface area contributed by atoms with Crippen LogP contribution in [0, 0.1) is 5.92 Å². The number of esters is 1. The normalized spacial score (nSPS) is 18.6. The lowest BCUT2D eigenvalue weighted by atomic mass is 9.95. The Bertz CT molecular complexity index is 1430. The van der Waals surface area contributed by atoms with Gasteiger partial charge in [0.25, 0.3) is 0 Å². The fourth-order valence-electron chi connectivity index (χ4n) is 6.20. The molecule has 8 nitrogen and oxygen atoms in total. The minimum atomic E-state index is -0.330. The van der Waals surface area contributed by atoms with Crippen molar-refractivity contribution in [2.24, 2.45) is 5.92 Å². The molecule has 1 saturated heterocycles. The zero-order valence-corrected chi connectivity index (χ0v) is 22.2. The molecule has 0 bridgehead atoms. The highest BCUT2D eigenvalue weighted by atomic mass is 16.5. The van der Waals surface area contributed by atoms with E-state index in [4.69, 9.17) is 9.72 Å². The number of nitrogens with zero attached hydrogens (tertiary/aromatic N) is 4. The SMILES string of the molecule is CCCCOC(=O)c1c(N2CC[C@H](CO)C2)cc(-c2ccc3c(c2)ncn3C2CCCCC2)c2nc[nH]c12. The van der Waals surface area contributed by atoms with Crippen molar-refractivity contribution >= 4 is 33.7 Å². The van der Waals surface area contributed by atoms with Gasteiger partial charge in [-0.15, -0.1) is 0 Å². The molecule has 1 aliphatic carbocycles. The van der Waals surface area contributed by atoms with Gasteiger partial charge in [-0.05, 0) is 49.4 Å². The standard InChI is InChI=1S/C30H37N5O3/c1-2-3-13-38-30(37)27-26(34-12-11-20(16-34)17-36)15-23(28-29(27)32-18-31-28)21-9-10-25-24(14-21)33-19-35(25)22-7-5-4-6-8-22/h9-10,14-15,18-20,22,36H,2-8,11-13,16-17H2,1H3,(H,31,32)/t20-/m0/s1. The van der Waals surface area contributed by atoms with Gasteiger partial charge in [0.1, 0.15) is 5.56 Å². The molecule has 38 heavy (non-hydrogen) atoms. The number of rotatable bonds is 8. The minimum absolute atomic E-state index is 0.145. The number of carbonyl (C=O) groups excluding carboxylic acids is 1. The number of imidazole rings is 2. The van der Waals surface area contributed by atoms with Gasteiger partial charge >= 0.3 is 5.97 Å². The van der Waals surface area contributed by atoms with Gasteiger partial charge in [0.2, 0.25) is 0 Å². The van der Waals surface area contributed by atoms with E-state index in [0.29, 0.717) is 30.3 Å². The van der Waals surface area contributed by atoms with E-state index in [1.807, 2.05) is 6.33 Å². The molecule has 2 aliphatic rings. The number of ether oxygens (including phenoxy) is 1. The van der Waals surface area contributed by atoms with Gasteiger partial charge in [-0.2, -0.15) is 0 Å². The Morgan fingerprint density at radius 1 is 1.16 bits per heavy atom. The predicted molar refractivity (Wildman–Crippen MR) is 150 cm³/mol. The largest absolute Gasteiger partial charge is 0.462 e. The van der Waals surface area contributed by atoms with Gasteiger partial charge in [0.15, 0.2) is 0 Å². The first-order chi connectivity index (χ1) is 18.7. The summed E-state index contributed by atoms with van der Waals surface area (Å²) >= 11 is 0. The number of aromatic amines is 1. The maximum absolute atomic E-state index is 13.4. The van der Waals surface area contributed by atoms with Gasteiger partial charge < -0.3 is 24.3 Å². The van der Waals surface area contributed by atoms with Crippen LogP contribution in [0.5, 0.6) is 0 Å². The van der Waals surface area contributed by atoms with E-state index in [1.54, 1.807) is 6.33 Å². The maximum atomic E-state index is 13.4. The fraction of sp³-hybridized carbons (Fsp3) is 0.500. The van der Waals surface area contributed by atoms with E-state index in [0.717, 1.165) is 53.7 Å². The van der Waals surface area contributed by atoms with Crippen LogP contribution in [0.15, 0.2) is 36.9 Å². The van der Waals surface area contributed by atoms with E-state index in [1.165, 1.54) is 37.6 Å². The summed E-state index contributed by atoms with van der Waals surface area (Å²) in [6.45, 7) is 4.10. The zero-order valence-electron chi connectivity index (χ0n) is 22.2. The summed E-state index contributed by atoms with van der Waals surface area (Å²) < 4.78 is 8.04. The highest BCUT2D eigenvalue weighted by Gasteiger charge is 2.30. The first-order valence-electron chi connectivity index (χ1n) is 14.2. The molecule has 2 aromatic heterocycles. The van der Waals surface area contributed by atoms with Crippen LogP contribution in [0.25, 0.3) is 33.2 Å². The highest BCUT2D eigenvalue weighted by Crippen LogP contribution is 2.39. The van der Waals surface area contributed by atoms with E-state index < -0.39 is 0 Å². The van der Waals surface area contributed by atoms with Crippen molar-refractivity contribution in [1.82, 2.24) is 19.5 Å². The topological polar surface area (TPSA) is 96.3 Å². The molecule has 200 valence electrons. The smallest absolute Gasteiger partial charge is 0.342 e. The van der Waals surface area contributed by atoms with Crippen molar-refractivity contribution in [3.63, 3.8) is 0 Å². The first-order valence-corrected chi connectivity index (χ1v) is 14.2. The molecule has 8 heteroatoms. The van der Waals surface area contributed by atoms with Crippen molar-refractivity contribution in [3.05, 3.63) is 42.5 Å². The van der Waals surface area contributed by atoms with Crippen molar-refractivity contribution in [2.45, 2.75) is 64.3 Å². The summed E-state index contributed by atoms with van der Waals surface area (Å²) in [5.74, 6) is -0.136. The quantitative estimate of drug-likeness (QED) is 0.225. The molecule has 2 N–H and O–H groups in total. The molecule has 2 fully saturated rings. The number of aliphatic hydroxyl groups excluding tert-OH is 1. The summed E-state index contributed by atoms with van der Waals surface area (Å²) in [5.41, 5.74) is 6.93. The first kappa shape index (κ1) is 24.9. The third-order valence-corrected chi connectivity index (χ3v) is 8.36. The lowest BCUT2D eigenvalue weighted by molar-refractivity contribution is 0.0502. The molecule has 0 unspecified atom stereocenters. The molecule has 2 aromatic carbocycles. The lowest BCUT2D eigenvalue weighted by Crippen LogP contribution is -2.24. The molecule has 0 spiro atoms. The predicted octanol–water partition coefficient (Wildman–Crippen LogP) is 5.86. The third-order valence-electron chi connectivity index (χ3n) is 8.36. The number of carbonyl (C=O) groups is 1. The number of H-pyrrole nitrogens is 1.